The number of aryl methyl sites for hydroxylation is 1. The van der Waals surface area contributed by atoms with E-state index in [1.54, 1.807) is 4.68 Å². The van der Waals surface area contributed by atoms with Gasteiger partial charge in [0, 0.05) is 32.0 Å². The van der Waals surface area contributed by atoms with E-state index in [0.29, 0.717) is 13.2 Å². The molecule has 1 aliphatic carbocycles. The average molecular weight is 319 g/mol. The Morgan fingerprint density at radius 1 is 1.22 bits per heavy atom. The Balaban J connectivity index is 1.53. The first-order chi connectivity index (χ1) is 11.2. The number of nitrogens with zero attached hydrogens (tertiary/aromatic N) is 3. The van der Waals surface area contributed by atoms with E-state index in [4.69, 9.17) is 9.47 Å². The van der Waals surface area contributed by atoms with Crippen LogP contribution in [-0.4, -0.2) is 52.5 Å². The number of hydrogen-bond acceptors (Lipinski definition) is 4. The number of carbonyl (C=O) groups excluding carboxylic acids is 1. The fraction of sp³-hybridized carbons (Fsp3) is 0.765. The maximum atomic E-state index is 13.2. The molecular formula is C17H25N3O3. The van der Waals surface area contributed by atoms with E-state index >= 15 is 0 Å². The van der Waals surface area contributed by atoms with E-state index in [-0.39, 0.29) is 30.1 Å². The fourth-order valence-corrected chi connectivity index (χ4v) is 4.34. The van der Waals surface area contributed by atoms with E-state index in [1.807, 2.05) is 19.4 Å². The van der Waals surface area contributed by atoms with Gasteiger partial charge in [-0.1, -0.05) is 12.8 Å². The third-order valence-electron chi connectivity index (χ3n) is 5.48. The number of ether oxygens (including phenoxy) is 2. The largest absolute Gasteiger partial charge is 0.374 e. The second-order valence-corrected chi connectivity index (χ2v) is 6.93. The van der Waals surface area contributed by atoms with Crippen LogP contribution in [0.15, 0.2) is 12.4 Å². The maximum Gasteiger partial charge on any atom is 0.229 e. The number of fused-ring (bicyclic) bond motifs is 1. The average Bonchev–Trinajstić information content (AvgIpc) is 3.22. The van der Waals surface area contributed by atoms with E-state index in [2.05, 4.69) is 10.00 Å². The van der Waals surface area contributed by atoms with Gasteiger partial charge in [0.15, 0.2) is 0 Å². The topological polar surface area (TPSA) is 56.6 Å². The van der Waals surface area contributed by atoms with Crippen LogP contribution in [0.1, 0.15) is 43.8 Å². The van der Waals surface area contributed by atoms with Crippen molar-refractivity contribution in [3.63, 3.8) is 0 Å². The molecule has 1 amide bonds. The highest BCUT2D eigenvalue weighted by atomic mass is 16.5. The minimum absolute atomic E-state index is 0.0834. The quantitative estimate of drug-likeness (QED) is 0.832. The lowest BCUT2D eigenvalue weighted by Gasteiger charge is -2.44. The number of aromatic nitrogens is 2. The van der Waals surface area contributed by atoms with Gasteiger partial charge in [0.2, 0.25) is 5.91 Å². The Morgan fingerprint density at radius 2 is 2.09 bits per heavy atom. The zero-order chi connectivity index (χ0) is 15.8. The number of rotatable bonds is 2. The molecule has 1 aromatic heterocycles. The summed E-state index contributed by atoms with van der Waals surface area (Å²) in [6.07, 6.45) is 9.23. The van der Waals surface area contributed by atoms with Crippen molar-refractivity contribution >= 4 is 5.91 Å². The van der Waals surface area contributed by atoms with Crippen molar-refractivity contribution in [1.29, 1.82) is 0 Å². The second-order valence-electron chi connectivity index (χ2n) is 6.93. The summed E-state index contributed by atoms with van der Waals surface area (Å²) >= 11 is 0. The first-order valence-corrected chi connectivity index (χ1v) is 8.76. The summed E-state index contributed by atoms with van der Waals surface area (Å²) in [6, 6.07) is 0.264. The van der Waals surface area contributed by atoms with Crippen LogP contribution in [0, 0.1) is 5.92 Å². The Morgan fingerprint density at radius 3 is 2.91 bits per heavy atom. The van der Waals surface area contributed by atoms with Crippen molar-refractivity contribution < 1.29 is 14.3 Å². The van der Waals surface area contributed by atoms with Crippen molar-refractivity contribution in [2.75, 3.05) is 19.8 Å². The molecule has 0 unspecified atom stereocenters. The van der Waals surface area contributed by atoms with Crippen molar-refractivity contribution in [1.82, 2.24) is 14.7 Å². The predicted octanol–water partition coefficient (Wildman–Crippen LogP) is 1.67. The van der Waals surface area contributed by atoms with Gasteiger partial charge in [-0.3, -0.25) is 9.48 Å². The zero-order valence-electron chi connectivity index (χ0n) is 13.7. The summed E-state index contributed by atoms with van der Waals surface area (Å²) in [5, 5.41) is 4.22. The standard InChI is InChI=1S/C17H25N3O3/c1-19-11-12(10-18-19)16-13(6-8-23-16)17(21)20-7-9-22-15-5-3-2-4-14(15)20/h10-11,13-16H,2-9H2,1H3/t13-,14+,15+,16+/m0/s1. The first kappa shape index (κ1) is 15.1. The van der Waals surface area contributed by atoms with Crippen LogP contribution in [0.4, 0.5) is 0 Å². The van der Waals surface area contributed by atoms with Gasteiger partial charge in [0.25, 0.3) is 0 Å². The van der Waals surface area contributed by atoms with Gasteiger partial charge in [0.05, 0.1) is 37.0 Å². The van der Waals surface area contributed by atoms with Crippen molar-refractivity contribution in [2.45, 2.75) is 50.4 Å². The Hall–Kier alpha value is -1.40. The van der Waals surface area contributed by atoms with Crippen molar-refractivity contribution in [3.8, 4) is 0 Å². The monoisotopic (exact) mass is 319 g/mol. The number of hydrogen-bond donors (Lipinski definition) is 0. The summed E-state index contributed by atoms with van der Waals surface area (Å²) in [7, 11) is 1.89. The van der Waals surface area contributed by atoms with Crippen LogP contribution < -0.4 is 0 Å². The molecule has 1 saturated carbocycles. The lowest BCUT2D eigenvalue weighted by molar-refractivity contribution is -0.155. The molecule has 23 heavy (non-hydrogen) atoms. The first-order valence-electron chi connectivity index (χ1n) is 8.76. The van der Waals surface area contributed by atoms with Crippen LogP contribution in [0.25, 0.3) is 0 Å². The molecule has 4 atom stereocenters. The summed E-state index contributed by atoms with van der Waals surface area (Å²) in [6.45, 7) is 2.03. The summed E-state index contributed by atoms with van der Waals surface area (Å²) < 4.78 is 13.6. The molecule has 0 spiro atoms. The third kappa shape index (κ3) is 2.78. The molecule has 3 aliphatic rings. The van der Waals surface area contributed by atoms with E-state index in [9.17, 15) is 4.79 Å². The molecular weight excluding hydrogens is 294 g/mol. The van der Waals surface area contributed by atoms with Gasteiger partial charge in [-0.15, -0.1) is 0 Å². The molecule has 6 heteroatoms. The molecule has 4 rings (SSSR count). The van der Waals surface area contributed by atoms with Crippen LogP contribution >= 0.6 is 0 Å². The summed E-state index contributed by atoms with van der Waals surface area (Å²) in [5.41, 5.74) is 1.01. The number of carbonyl (C=O) groups is 1. The normalized spacial score (nSPS) is 34.4. The van der Waals surface area contributed by atoms with Gasteiger partial charge in [-0.05, 0) is 19.3 Å². The second kappa shape index (κ2) is 6.24. The lowest BCUT2D eigenvalue weighted by Crippen LogP contribution is -2.56. The fourth-order valence-electron chi connectivity index (χ4n) is 4.34. The highest BCUT2D eigenvalue weighted by Gasteiger charge is 2.43. The molecule has 0 N–H and O–H groups in total. The van der Waals surface area contributed by atoms with Crippen molar-refractivity contribution in [2.24, 2.45) is 13.0 Å². The maximum absolute atomic E-state index is 13.2. The molecule has 6 nitrogen and oxygen atoms in total. The molecule has 3 heterocycles. The Kier molecular flexibility index (Phi) is 4.11. The molecule has 2 saturated heterocycles. The van der Waals surface area contributed by atoms with Gasteiger partial charge in [-0.2, -0.15) is 5.10 Å². The molecule has 0 aromatic carbocycles. The molecule has 126 valence electrons. The number of amides is 1. The van der Waals surface area contributed by atoms with Gasteiger partial charge >= 0.3 is 0 Å². The number of morpholine rings is 1. The highest BCUT2D eigenvalue weighted by Crippen LogP contribution is 2.38. The van der Waals surface area contributed by atoms with E-state index in [1.165, 1.54) is 12.8 Å². The highest BCUT2D eigenvalue weighted by molar-refractivity contribution is 5.80. The minimum Gasteiger partial charge on any atom is -0.374 e. The smallest absolute Gasteiger partial charge is 0.229 e. The summed E-state index contributed by atoms with van der Waals surface area (Å²) in [4.78, 5) is 15.3. The molecule has 1 aromatic rings. The minimum atomic E-state index is -0.152. The van der Waals surface area contributed by atoms with Crippen LogP contribution in [-0.2, 0) is 21.3 Å². The van der Waals surface area contributed by atoms with Gasteiger partial charge < -0.3 is 14.4 Å². The SMILES string of the molecule is Cn1cc([C@H]2OCC[C@@H]2C(=O)N2CCO[C@@H]3CCCC[C@H]32)cn1. The third-order valence-corrected chi connectivity index (χ3v) is 5.48. The zero-order valence-corrected chi connectivity index (χ0v) is 13.7. The molecule has 0 bridgehead atoms. The van der Waals surface area contributed by atoms with Gasteiger partial charge in [-0.25, -0.2) is 0 Å². The Labute approximate surface area is 136 Å². The van der Waals surface area contributed by atoms with E-state index < -0.39 is 0 Å². The van der Waals surface area contributed by atoms with Crippen molar-refractivity contribution in [3.05, 3.63) is 18.0 Å². The molecule has 0 radical (unpaired) electrons. The van der Waals surface area contributed by atoms with Crippen LogP contribution in [0.5, 0.6) is 0 Å². The lowest BCUT2D eigenvalue weighted by atomic mass is 9.88. The van der Waals surface area contributed by atoms with Crippen LogP contribution in [0.3, 0.4) is 0 Å². The molecule has 2 aliphatic heterocycles. The Bertz CT molecular complexity index is 571. The van der Waals surface area contributed by atoms with Gasteiger partial charge in [0.1, 0.15) is 0 Å². The van der Waals surface area contributed by atoms with E-state index in [0.717, 1.165) is 31.4 Å². The van der Waals surface area contributed by atoms with Crippen LogP contribution in [0.2, 0.25) is 0 Å². The predicted molar refractivity (Wildman–Crippen MR) is 83.7 cm³/mol. The summed E-state index contributed by atoms with van der Waals surface area (Å²) in [5.74, 6) is 0.163. The molecule has 3 fully saturated rings.